The lowest BCUT2D eigenvalue weighted by atomic mass is 10.1. The van der Waals surface area contributed by atoms with Crippen molar-refractivity contribution in [2.75, 3.05) is 26.4 Å². The molecule has 0 saturated heterocycles. The molecule has 6 heteroatoms. The molecular weight excluding hydrogens is 382 g/mol. The molecule has 0 saturated carbocycles. The van der Waals surface area contributed by atoms with Gasteiger partial charge >= 0.3 is 0 Å². The van der Waals surface area contributed by atoms with E-state index in [2.05, 4.69) is 5.32 Å². The van der Waals surface area contributed by atoms with Crippen molar-refractivity contribution >= 4 is 5.91 Å². The number of ether oxygens (including phenoxy) is 4. The molecule has 0 unspecified atom stereocenters. The lowest BCUT2D eigenvalue weighted by Crippen LogP contribution is -2.47. The fourth-order valence-electron chi connectivity index (χ4n) is 2.93. The molecule has 0 aliphatic carbocycles. The Bertz CT molecular complexity index is 777. The van der Waals surface area contributed by atoms with Crippen molar-refractivity contribution in [3.63, 3.8) is 0 Å². The third kappa shape index (κ3) is 6.95. The fourth-order valence-corrected chi connectivity index (χ4v) is 2.93. The van der Waals surface area contributed by atoms with Gasteiger partial charge in [-0.2, -0.15) is 0 Å². The quantitative estimate of drug-likeness (QED) is 0.548. The zero-order chi connectivity index (χ0) is 22.0. The van der Waals surface area contributed by atoms with E-state index >= 15 is 0 Å². The van der Waals surface area contributed by atoms with Crippen LogP contribution >= 0.6 is 0 Å². The molecule has 30 heavy (non-hydrogen) atoms. The van der Waals surface area contributed by atoms with Crippen LogP contribution in [0.4, 0.5) is 0 Å². The summed E-state index contributed by atoms with van der Waals surface area (Å²) in [4.78, 5) is 13.0. The maximum Gasteiger partial charge on any atom is 0.252 e. The lowest BCUT2D eigenvalue weighted by molar-refractivity contribution is 0.0616. The van der Waals surface area contributed by atoms with E-state index in [0.29, 0.717) is 55.8 Å². The van der Waals surface area contributed by atoms with Gasteiger partial charge in [-0.15, -0.1) is 0 Å². The van der Waals surface area contributed by atoms with Gasteiger partial charge in [-0.25, -0.2) is 0 Å². The van der Waals surface area contributed by atoms with E-state index in [1.165, 1.54) is 0 Å². The summed E-state index contributed by atoms with van der Waals surface area (Å²) in [7, 11) is 0. The monoisotopic (exact) mass is 415 g/mol. The molecule has 0 aliphatic rings. The maximum atomic E-state index is 13.0. The molecule has 1 amide bonds. The molecule has 0 radical (unpaired) electrons. The molecule has 164 valence electrons. The summed E-state index contributed by atoms with van der Waals surface area (Å²) >= 11 is 0. The smallest absolute Gasteiger partial charge is 0.252 e. The number of carbonyl (C=O) groups is 1. The minimum Gasteiger partial charge on any atom is -0.490 e. The van der Waals surface area contributed by atoms with Crippen LogP contribution in [0.25, 0.3) is 0 Å². The van der Waals surface area contributed by atoms with Crippen LogP contribution in [0.15, 0.2) is 42.5 Å². The number of rotatable bonds is 12. The number of carbonyl (C=O) groups excluding carboxylic acids is 1. The van der Waals surface area contributed by atoms with Gasteiger partial charge in [-0.05, 0) is 52.3 Å². The third-order valence-corrected chi connectivity index (χ3v) is 4.20. The Morgan fingerprint density at radius 1 is 0.900 bits per heavy atom. The molecule has 2 aromatic carbocycles. The Balaban J connectivity index is 2.11. The van der Waals surface area contributed by atoms with Crippen LogP contribution in [-0.4, -0.2) is 37.9 Å². The zero-order valence-corrected chi connectivity index (χ0v) is 18.6. The topological polar surface area (TPSA) is 66.0 Å². The predicted molar refractivity (Wildman–Crippen MR) is 118 cm³/mol. The third-order valence-electron chi connectivity index (χ3n) is 4.20. The zero-order valence-electron chi connectivity index (χ0n) is 18.6. The van der Waals surface area contributed by atoms with Crippen LogP contribution < -0.4 is 19.5 Å². The molecule has 2 aromatic rings. The van der Waals surface area contributed by atoms with Crippen LogP contribution in [0.3, 0.4) is 0 Å². The Morgan fingerprint density at radius 3 is 2.00 bits per heavy atom. The Morgan fingerprint density at radius 2 is 1.47 bits per heavy atom. The minimum absolute atomic E-state index is 0.228. The predicted octanol–water partition coefficient (Wildman–Crippen LogP) is 4.61. The number of hydrogen-bond donors (Lipinski definition) is 1. The van der Waals surface area contributed by atoms with E-state index in [4.69, 9.17) is 18.9 Å². The summed E-state index contributed by atoms with van der Waals surface area (Å²) in [5, 5.41) is 3.03. The van der Waals surface area contributed by atoms with E-state index in [-0.39, 0.29) is 5.91 Å². The molecule has 0 atom stereocenters. The van der Waals surface area contributed by atoms with Crippen LogP contribution in [0.1, 0.15) is 50.5 Å². The van der Waals surface area contributed by atoms with Crippen molar-refractivity contribution < 1.29 is 23.7 Å². The van der Waals surface area contributed by atoms with Crippen LogP contribution in [0.5, 0.6) is 17.2 Å². The summed E-state index contributed by atoms with van der Waals surface area (Å²) in [6.45, 7) is 11.8. The van der Waals surface area contributed by atoms with E-state index in [1.807, 2.05) is 65.0 Å². The summed E-state index contributed by atoms with van der Waals surface area (Å²) in [6, 6.07) is 13.3. The van der Waals surface area contributed by atoms with E-state index in [9.17, 15) is 4.79 Å². The highest BCUT2D eigenvalue weighted by molar-refractivity contribution is 5.96. The Kier molecular flexibility index (Phi) is 8.99. The van der Waals surface area contributed by atoms with Gasteiger partial charge in [0.05, 0.1) is 38.6 Å². The summed E-state index contributed by atoms with van der Waals surface area (Å²) in [5.74, 6) is 1.28. The molecule has 0 fully saturated rings. The average Bonchev–Trinajstić information content (AvgIpc) is 2.71. The molecule has 6 nitrogen and oxygen atoms in total. The Hall–Kier alpha value is -2.73. The SMILES string of the molecule is CCOc1cc(C(=O)NC(C)(C)COCc2ccccc2)cc(OCC)c1OCC. The van der Waals surface area contributed by atoms with Gasteiger partial charge in [0, 0.05) is 5.56 Å². The average molecular weight is 416 g/mol. The van der Waals surface area contributed by atoms with E-state index in [1.54, 1.807) is 12.1 Å². The van der Waals surface area contributed by atoms with Gasteiger partial charge < -0.3 is 24.3 Å². The largest absolute Gasteiger partial charge is 0.490 e. The van der Waals surface area contributed by atoms with Gasteiger partial charge in [0.1, 0.15) is 0 Å². The maximum absolute atomic E-state index is 13.0. The van der Waals surface area contributed by atoms with Crippen molar-refractivity contribution in [2.24, 2.45) is 0 Å². The normalized spacial score (nSPS) is 11.1. The van der Waals surface area contributed by atoms with E-state index < -0.39 is 5.54 Å². The molecule has 2 rings (SSSR count). The standard InChI is InChI=1S/C24H33NO5/c1-6-28-20-14-19(15-21(29-7-2)22(20)30-8-3)23(26)25-24(4,5)17-27-16-18-12-10-9-11-13-18/h9-15H,6-8,16-17H2,1-5H3,(H,25,26). The van der Waals surface area contributed by atoms with Gasteiger partial charge in [-0.3, -0.25) is 4.79 Å². The first-order valence-corrected chi connectivity index (χ1v) is 10.4. The second kappa shape index (κ2) is 11.5. The second-order valence-electron chi connectivity index (χ2n) is 7.42. The minimum atomic E-state index is -0.554. The molecule has 0 bridgehead atoms. The van der Waals surface area contributed by atoms with Crippen molar-refractivity contribution in [1.82, 2.24) is 5.32 Å². The van der Waals surface area contributed by atoms with Crippen LogP contribution in [0, 0.1) is 0 Å². The highest BCUT2D eigenvalue weighted by atomic mass is 16.5. The van der Waals surface area contributed by atoms with Crippen molar-refractivity contribution in [1.29, 1.82) is 0 Å². The number of hydrogen-bond acceptors (Lipinski definition) is 5. The first kappa shape index (κ1) is 23.5. The number of benzene rings is 2. The van der Waals surface area contributed by atoms with E-state index in [0.717, 1.165) is 5.56 Å². The van der Waals surface area contributed by atoms with Gasteiger partial charge in [0.2, 0.25) is 5.75 Å². The lowest BCUT2D eigenvalue weighted by Gasteiger charge is -2.26. The molecule has 0 spiro atoms. The highest BCUT2D eigenvalue weighted by Crippen LogP contribution is 2.39. The first-order valence-electron chi connectivity index (χ1n) is 10.4. The van der Waals surface area contributed by atoms with Gasteiger partial charge in [0.15, 0.2) is 11.5 Å². The van der Waals surface area contributed by atoms with Crippen molar-refractivity contribution in [3.05, 3.63) is 53.6 Å². The molecule has 1 N–H and O–H groups in total. The van der Waals surface area contributed by atoms with Crippen molar-refractivity contribution in [3.8, 4) is 17.2 Å². The van der Waals surface area contributed by atoms with Crippen LogP contribution in [0.2, 0.25) is 0 Å². The van der Waals surface area contributed by atoms with Crippen LogP contribution in [-0.2, 0) is 11.3 Å². The number of nitrogens with one attached hydrogen (secondary N) is 1. The summed E-state index contributed by atoms with van der Waals surface area (Å²) in [6.07, 6.45) is 0. The molecular formula is C24H33NO5. The van der Waals surface area contributed by atoms with Gasteiger partial charge in [-0.1, -0.05) is 30.3 Å². The molecule has 0 heterocycles. The number of amides is 1. The first-order chi connectivity index (χ1) is 14.4. The Labute approximate surface area is 179 Å². The summed E-state index contributed by atoms with van der Waals surface area (Å²) < 4.78 is 22.9. The molecule has 0 aliphatic heterocycles. The second-order valence-corrected chi connectivity index (χ2v) is 7.42. The summed E-state index contributed by atoms with van der Waals surface area (Å²) in [5.41, 5.74) is 0.984. The van der Waals surface area contributed by atoms with Gasteiger partial charge in [0.25, 0.3) is 5.91 Å². The highest BCUT2D eigenvalue weighted by Gasteiger charge is 2.24. The molecule has 0 aromatic heterocycles. The van der Waals surface area contributed by atoms with Crippen molar-refractivity contribution in [2.45, 2.75) is 46.8 Å². The fraction of sp³-hybridized carbons (Fsp3) is 0.458.